The molecule has 1 aliphatic heterocycles. The molecule has 0 saturated carbocycles. The van der Waals surface area contributed by atoms with Gasteiger partial charge in [-0.15, -0.1) is 0 Å². The van der Waals surface area contributed by atoms with Crippen LogP contribution in [0.4, 0.5) is 0 Å². The van der Waals surface area contributed by atoms with Gasteiger partial charge in [-0.2, -0.15) is 0 Å². The summed E-state index contributed by atoms with van der Waals surface area (Å²) in [5.41, 5.74) is 0. The molecule has 7 unspecified atom stereocenters. The van der Waals surface area contributed by atoms with Crippen LogP contribution >= 0.6 is 0 Å². The molecule has 0 aromatic rings. The minimum absolute atomic E-state index is 0.182. The maximum atomic E-state index is 13.0. The first-order valence-electron chi connectivity index (χ1n) is 27.6. The van der Waals surface area contributed by atoms with Crippen molar-refractivity contribution in [1.29, 1.82) is 0 Å². The van der Waals surface area contributed by atoms with E-state index < -0.39 is 49.5 Å². The van der Waals surface area contributed by atoms with Crippen molar-refractivity contribution < 1.29 is 39.8 Å². The largest absolute Gasteiger partial charge is 0.394 e. The molecule has 0 aliphatic carbocycles. The number of carbonyl (C=O) groups is 1. The van der Waals surface area contributed by atoms with E-state index in [1.807, 2.05) is 6.08 Å². The highest BCUT2D eigenvalue weighted by Gasteiger charge is 2.44. The first-order valence-corrected chi connectivity index (χ1v) is 27.6. The van der Waals surface area contributed by atoms with Crippen LogP contribution in [-0.2, 0) is 14.3 Å². The van der Waals surface area contributed by atoms with Crippen molar-refractivity contribution in [2.45, 2.75) is 307 Å². The highest BCUT2D eigenvalue weighted by Crippen LogP contribution is 2.23. The Kier molecular flexibility index (Phi) is 43.1. The Bertz CT molecular complexity index is 1060. The van der Waals surface area contributed by atoms with Crippen LogP contribution in [0.1, 0.15) is 264 Å². The molecular weight excluding hydrogens is 803 g/mol. The highest BCUT2D eigenvalue weighted by atomic mass is 16.7. The number of hydrogen-bond donors (Lipinski definition) is 6. The molecule has 1 heterocycles. The first-order chi connectivity index (χ1) is 31.3. The summed E-state index contributed by atoms with van der Waals surface area (Å²) in [6.45, 7) is 3.79. The summed E-state index contributed by atoms with van der Waals surface area (Å²) >= 11 is 0. The summed E-state index contributed by atoms with van der Waals surface area (Å²) in [7, 11) is 0. The van der Waals surface area contributed by atoms with Crippen molar-refractivity contribution in [1.82, 2.24) is 5.32 Å². The maximum Gasteiger partial charge on any atom is 0.220 e. The Morgan fingerprint density at radius 3 is 1.31 bits per heavy atom. The topological polar surface area (TPSA) is 149 Å². The van der Waals surface area contributed by atoms with Gasteiger partial charge in [0.1, 0.15) is 24.4 Å². The zero-order chi connectivity index (χ0) is 46.6. The molecule has 1 rings (SSSR count). The zero-order valence-electron chi connectivity index (χ0n) is 41.8. The second-order valence-corrected chi connectivity index (χ2v) is 19.4. The summed E-state index contributed by atoms with van der Waals surface area (Å²) in [6, 6.07) is -0.818. The lowest BCUT2D eigenvalue weighted by Crippen LogP contribution is -2.60. The normalized spacial score (nSPS) is 20.1. The van der Waals surface area contributed by atoms with Crippen LogP contribution in [0, 0.1) is 0 Å². The Balaban J connectivity index is 2.26. The third kappa shape index (κ3) is 34.9. The van der Waals surface area contributed by atoms with E-state index in [4.69, 9.17) is 9.47 Å². The fourth-order valence-corrected chi connectivity index (χ4v) is 8.88. The number of aliphatic hydroxyl groups excluding tert-OH is 5. The molecular formula is C55H105NO8. The number of aliphatic hydroxyl groups is 5. The first kappa shape index (κ1) is 60.7. The summed E-state index contributed by atoms with van der Waals surface area (Å²) < 4.78 is 11.2. The van der Waals surface area contributed by atoms with Gasteiger partial charge in [-0.1, -0.05) is 250 Å². The third-order valence-corrected chi connectivity index (χ3v) is 13.3. The fraction of sp³-hybridized carbons (Fsp3) is 0.909. The average Bonchev–Trinajstić information content (AvgIpc) is 3.29. The minimum atomic E-state index is -1.57. The predicted octanol–water partition coefficient (Wildman–Crippen LogP) is 13.0. The fourth-order valence-electron chi connectivity index (χ4n) is 8.88. The smallest absolute Gasteiger partial charge is 0.220 e. The number of amides is 1. The molecule has 1 saturated heterocycles. The Labute approximate surface area is 394 Å². The van der Waals surface area contributed by atoms with Gasteiger partial charge in [0, 0.05) is 6.42 Å². The Hall–Kier alpha value is -1.33. The average molecular weight is 908 g/mol. The minimum Gasteiger partial charge on any atom is -0.394 e. The summed E-state index contributed by atoms with van der Waals surface area (Å²) in [5, 5.41) is 54.4. The molecule has 0 aromatic carbocycles. The Morgan fingerprint density at radius 1 is 0.516 bits per heavy atom. The monoisotopic (exact) mass is 908 g/mol. The van der Waals surface area contributed by atoms with E-state index >= 15 is 0 Å². The van der Waals surface area contributed by atoms with Crippen LogP contribution in [0.25, 0.3) is 0 Å². The molecule has 0 spiro atoms. The number of unbranched alkanes of at least 4 members (excludes halogenated alkanes) is 35. The van der Waals surface area contributed by atoms with Crippen molar-refractivity contribution in [3.63, 3.8) is 0 Å². The molecule has 64 heavy (non-hydrogen) atoms. The van der Waals surface area contributed by atoms with Crippen LogP contribution < -0.4 is 5.32 Å². The van der Waals surface area contributed by atoms with Gasteiger partial charge < -0.3 is 40.3 Å². The molecule has 6 N–H and O–H groups in total. The molecule has 0 bridgehead atoms. The van der Waals surface area contributed by atoms with Gasteiger partial charge in [-0.25, -0.2) is 0 Å². The SMILES string of the molecule is CCCCCCCCCCCCCCCCCCCCC/C=C/CC/C=C/C(O)C(COC1OC(CO)C(O)C(O)C1O)NC(=O)CCCCCCCCCCCCCCCCCC. The molecule has 9 nitrogen and oxygen atoms in total. The van der Waals surface area contributed by atoms with Gasteiger partial charge in [-0.05, 0) is 32.1 Å². The predicted molar refractivity (Wildman–Crippen MR) is 267 cm³/mol. The van der Waals surface area contributed by atoms with Crippen LogP contribution in [-0.4, -0.2) is 87.5 Å². The summed E-state index contributed by atoms with van der Waals surface area (Å²) in [4.78, 5) is 13.0. The molecule has 9 heteroatoms. The lowest BCUT2D eigenvalue weighted by atomic mass is 9.99. The van der Waals surface area contributed by atoms with Crippen molar-refractivity contribution in [2.24, 2.45) is 0 Å². The van der Waals surface area contributed by atoms with Gasteiger partial charge in [0.15, 0.2) is 6.29 Å². The third-order valence-electron chi connectivity index (χ3n) is 13.3. The number of allylic oxidation sites excluding steroid dienone is 3. The zero-order valence-corrected chi connectivity index (χ0v) is 41.8. The second kappa shape index (κ2) is 45.5. The maximum absolute atomic E-state index is 13.0. The molecule has 1 amide bonds. The van der Waals surface area contributed by atoms with E-state index in [0.29, 0.717) is 6.42 Å². The molecule has 0 radical (unpaired) electrons. The van der Waals surface area contributed by atoms with Gasteiger partial charge in [0.2, 0.25) is 5.91 Å². The van der Waals surface area contributed by atoms with E-state index in [9.17, 15) is 30.3 Å². The summed E-state index contributed by atoms with van der Waals surface area (Å²) in [5.74, 6) is -0.182. The molecule has 0 aromatic heterocycles. The Morgan fingerprint density at radius 2 is 0.891 bits per heavy atom. The number of hydrogen-bond acceptors (Lipinski definition) is 8. The lowest BCUT2D eigenvalue weighted by molar-refractivity contribution is -0.302. The van der Waals surface area contributed by atoms with Gasteiger partial charge in [0.25, 0.3) is 0 Å². The van der Waals surface area contributed by atoms with Crippen LogP contribution in [0.3, 0.4) is 0 Å². The molecule has 7 atom stereocenters. The number of carbonyl (C=O) groups excluding carboxylic acids is 1. The standard InChI is InChI=1S/C55H105NO8/c1-3-5-7-9-11-13-15-17-19-21-22-23-24-25-26-27-28-29-30-32-34-36-38-40-42-44-49(58)48(47-63-55-54(62)53(61)52(60)50(46-57)64-55)56-51(59)45-43-41-39-37-35-33-31-20-18-16-14-12-10-8-6-4-2/h34,36,42,44,48-50,52-55,57-58,60-62H,3-33,35,37-41,43,45-47H2,1-2H3,(H,56,59)/b36-34+,44-42+. The van der Waals surface area contributed by atoms with Gasteiger partial charge in [-0.3, -0.25) is 4.79 Å². The van der Waals surface area contributed by atoms with Crippen molar-refractivity contribution in [3.8, 4) is 0 Å². The van der Waals surface area contributed by atoms with Crippen molar-refractivity contribution in [3.05, 3.63) is 24.3 Å². The van der Waals surface area contributed by atoms with Crippen LogP contribution in [0.5, 0.6) is 0 Å². The second-order valence-electron chi connectivity index (χ2n) is 19.4. The summed E-state index contributed by atoms with van der Waals surface area (Å²) in [6.07, 6.45) is 49.6. The highest BCUT2D eigenvalue weighted by molar-refractivity contribution is 5.76. The van der Waals surface area contributed by atoms with Crippen molar-refractivity contribution >= 4 is 5.91 Å². The lowest BCUT2D eigenvalue weighted by Gasteiger charge is -2.40. The number of nitrogens with one attached hydrogen (secondary N) is 1. The van der Waals surface area contributed by atoms with E-state index in [0.717, 1.165) is 38.5 Å². The molecule has 378 valence electrons. The van der Waals surface area contributed by atoms with E-state index in [1.54, 1.807) is 6.08 Å². The van der Waals surface area contributed by atoms with Gasteiger partial charge >= 0.3 is 0 Å². The van der Waals surface area contributed by atoms with Crippen molar-refractivity contribution in [2.75, 3.05) is 13.2 Å². The van der Waals surface area contributed by atoms with Crippen LogP contribution in [0.15, 0.2) is 24.3 Å². The quantitative estimate of drug-likeness (QED) is 0.0261. The molecule has 1 fully saturated rings. The van der Waals surface area contributed by atoms with Crippen LogP contribution in [0.2, 0.25) is 0 Å². The number of rotatable bonds is 47. The number of ether oxygens (including phenoxy) is 2. The molecule has 1 aliphatic rings. The van der Waals surface area contributed by atoms with E-state index in [-0.39, 0.29) is 12.5 Å². The van der Waals surface area contributed by atoms with E-state index in [1.165, 1.54) is 205 Å². The van der Waals surface area contributed by atoms with Gasteiger partial charge in [0.05, 0.1) is 25.4 Å². The van der Waals surface area contributed by atoms with E-state index in [2.05, 4.69) is 31.3 Å².